The van der Waals surface area contributed by atoms with Crippen LogP contribution in [-0.4, -0.2) is 16.1 Å². The molecule has 6 heteroatoms. The highest BCUT2D eigenvalue weighted by atomic mass is 32.2. The van der Waals surface area contributed by atoms with Crippen LogP contribution in [0.15, 0.2) is 95.9 Å². The second-order valence-electron chi connectivity index (χ2n) is 6.73. The van der Waals surface area contributed by atoms with Crippen molar-refractivity contribution in [3.8, 4) is 0 Å². The molecule has 4 aromatic rings. The molecule has 1 heterocycles. The van der Waals surface area contributed by atoms with E-state index in [9.17, 15) is 4.79 Å². The molecular formula is C24H21N3OS2. The normalized spacial score (nSPS) is 10.8. The lowest BCUT2D eigenvalue weighted by atomic mass is 9.88. The zero-order valence-electron chi connectivity index (χ0n) is 16.3. The second kappa shape index (κ2) is 10.2. The van der Waals surface area contributed by atoms with Crippen molar-refractivity contribution in [1.82, 2.24) is 10.2 Å². The van der Waals surface area contributed by atoms with Gasteiger partial charge in [0.1, 0.15) is 5.01 Å². The summed E-state index contributed by atoms with van der Waals surface area (Å²) in [6.07, 6.45) is 0.349. The van der Waals surface area contributed by atoms with E-state index in [1.54, 1.807) is 11.8 Å². The van der Waals surface area contributed by atoms with E-state index in [2.05, 4.69) is 51.9 Å². The average Bonchev–Trinajstić information content (AvgIpc) is 3.25. The van der Waals surface area contributed by atoms with E-state index < -0.39 is 0 Å². The van der Waals surface area contributed by atoms with E-state index in [0.717, 1.165) is 21.9 Å². The highest BCUT2D eigenvalue weighted by molar-refractivity contribution is 7.98. The van der Waals surface area contributed by atoms with Crippen molar-refractivity contribution < 1.29 is 4.79 Å². The van der Waals surface area contributed by atoms with Gasteiger partial charge in [0.15, 0.2) is 0 Å². The largest absolute Gasteiger partial charge is 0.300 e. The molecule has 3 aromatic carbocycles. The third-order valence-corrected chi connectivity index (χ3v) is 6.66. The van der Waals surface area contributed by atoms with E-state index in [1.165, 1.54) is 16.2 Å². The zero-order chi connectivity index (χ0) is 20.6. The summed E-state index contributed by atoms with van der Waals surface area (Å²) in [5.41, 5.74) is 2.24. The Morgan fingerprint density at radius 2 is 1.40 bits per heavy atom. The Morgan fingerprint density at radius 3 is 2.00 bits per heavy atom. The van der Waals surface area contributed by atoms with Gasteiger partial charge in [-0.15, -0.1) is 22.0 Å². The van der Waals surface area contributed by atoms with Gasteiger partial charge in [-0.25, -0.2) is 0 Å². The van der Waals surface area contributed by atoms with Crippen LogP contribution in [-0.2, 0) is 10.5 Å². The molecule has 0 unspecified atom stereocenters. The topological polar surface area (TPSA) is 54.9 Å². The maximum absolute atomic E-state index is 12.8. The molecule has 0 spiro atoms. The van der Waals surface area contributed by atoms with E-state index in [1.807, 2.05) is 54.6 Å². The van der Waals surface area contributed by atoms with Crippen LogP contribution in [0.2, 0.25) is 0 Å². The molecule has 0 bridgehead atoms. The molecule has 0 atom stereocenters. The number of anilines is 1. The molecule has 150 valence electrons. The lowest BCUT2D eigenvalue weighted by Crippen LogP contribution is -2.16. The Labute approximate surface area is 184 Å². The molecule has 0 saturated heterocycles. The number of hydrogen-bond acceptors (Lipinski definition) is 5. The van der Waals surface area contributed by atoms with Gasteiger partial charge in [-0.2, -0.15) is 0 Å². The molecule has 4 rings (SSSR count). The van der Waals surface area contributed by atoms with Crippen LogP contribution in [0.25, 0.3) is 0 Å². The number of amides is 1. The first-order chi connectivity index (χ1) is 14.8. The van der Waals surface area contributed by atoms with Crippen LogP contribution >= 0.6 is 23.1 Å². The fraction of sp³-hybridized carbons (Fsp3) is 0.125. The average molecular weight is 432 g/mol. The van der Waals surface area contributed by atoms with Crippen LogP contribution in [0, 0.1) is 0 Å². The minimum absolute atomic E-state index is 0.00609. The summed E-state index contributed by atoms with van der Waals surface area (Å²) in [6.45, 7) is 0. The van der Waals surface area contributed by atoms with Crippen LogP contribution in [0.5, 0.6) is 0 Å². The van der Waals surface area contributed by atoms with Crippen LogP contribution in [0.3, 0.4) is 0 Å². The maximum atomic E-state index is 12.8. The summed E-state index contributed by atoms with van der Waals surface area (Å²) in [6, 6.07) is 30.4. The van der Waals surface area contributed by atoms with Gasteiger partial charge in [0, 0.05) is 17.2 Å². The number of nitrogens with one attached hydrogen (secondary N) is 1. The smallest absolute Gasteiger partial charge is 0.227 e. The number of thioether (sulfide) groups is 1. The standard InChI is InChI=1S/C24H21N3OS2/c28-22(16-21(18-10-4-1-5-11-18)19-12-6-2-7-13-19)25-24-27-26-23(30-24)17-29-20-14-8-3-9-15-20/h1-15,21H,16-17H2,(H,25,27,28). The van der Waals surface area contributed by atoms with Gasteiger partial charge >= 0.3 is 0 Å². The molecule has 4 nitrogen and oxygen atoms in total. The molecule has 0 aliphatic carbocycles. The fourth-order valence-electron chi connectivity index (χ4n) is 3.18. The van der Waals surface area contributed by atoms with Gasteiger partial charge in [-0.05, 0) is 23.3 Å². The fourth-order valence-corrected chi connectivity index (χ4v) is 4.84. The first-order valence-corrected chi connectivity index (χ1v) is 11.5. The number of nitrogens with zero attached hydrogens (tertiary/aromatic N) is 2. The molecule has 0 aliphatic rings. The van der Waals surface area contributed by atoms with Gasteiger partial charge in [-0.1, -0.05) is 90.2 Å². The highest BCUT2D eigenvalue weighted by Gasteiger charge is 2.19. The van der Waals surface area contributed by atoms with Gasteiger partial charge in [-0.3, -0.25) is 4.79 Å². The third-order valence-electron chi connectivity index (χ3n) is 4.61. The minimum atomic E-state index is -0.0638. The number of aromatic nitrogens is 2. The zero-order valence-corrected chi connectivity index (χ0v) is 17.9. The maximum Gasteiger partial charge on any atom is 0.227 e. The van der Waals surface area contributed by atoms with Gasteiger partial charge in [0.05, 0.1) is 5.75 Å². The van der Waals surface area contributed by atoms with Crippen LogP contribution < -0.4 is 5.32 Å². The van der Waals surface area contributed by atoms with Crippen molar-refractivity contribution in [2.24, 2.45) is 0 Å². The quantitative estimate of drug-likeness (QED) is 0.348. The summed E-state index contributed by atoms with van der Waals surface area (Å²) in [7, 11) is 0. The number of carbonyl (C=O) groups is 1. The van der Waals surface area contributed by atoms with Crippen molar-refractivity contribution in [3.05, 3.63) is 107 Å². The van der Waals surface area contributed by atoms with E-state index >= 15 is 0 Å². The van der Waals surface area contributed by atoms with E-state index in [-0.39, 0.29) is 11.8 Å². The first-order valence-electron chi connectivity index (χ1n) is 9.68. The minimum Gasteiger partial charge on any atom is -0.300 e. The Morgan fingerprint density at radius 1 is 0.833 bits per heavy atom. The van der Waals surface area contributed by atoms with Crippen molar-refractivity contribution in [2.75, 3.05) is 5.32 Å². The number of benzene rings is 3. The molecule has 1 aromatic heterocycles. The molecule has 30 heavy (non-hydrogen) atoms. The Kier molecular flexibility index (Phi) is 6.90. The van der Waals surface area contributed by atoms with Crippen molar-refractivity contribution in [1.29, 1.82) is 0 Å². The van der Waals surface area contributed by atoms with Crippen LogP contribution in [0.4, 0.5) is 5.13 Å². The summed E-state index contributed by atoms with van der Waals surface area (Å²) < 4.78 is 0. The molecule has 0 radical (unpaired) electrons. The Hall–Kier alpha value is -2.96. The monoisotopic (exact) mass is 431 g/mol. The number of hydrogen-bond donors (Lipinski definition) is 1. The van der Waals surface area contributed by atoms with E-state index in [4.69, 9.17) is 0 Å². The SMILES string of the molecule is O=C(CC(c1ccccc1)c1ccccc1)Nc1nnc(CSc2ccccc2)s1. The summed E-state index contributed by atoms with van der Waals surface area (Å²) in [5.74, 6) is 0.660. The number of rotatable bonds is 8. The Bertz CT molecular complexity index is 1030. The van der Waals surface area contributed by atoms with Crippen molar-refractivity contribution in [2.45, 2.75) is 23.0 Å². The lowest BCUT2D eigenvalue weighted by Gasteiger charge is -2.17. The molecule has 1 N–H and O–H groups in total. The highest BCUT2D eigenvalue weighted by Crippen LogP contribution is 2.29. The molecular weight excluding hydrogens is 410 g/mol. The van der Waals surface area contributed by atoms with Crippen LogP contribution in [0.1, 0.15) is 28.5 Å². The van der Waals surface area contributed by atoms with Gasteiger partial charge < -0.3 is 5.32 Å². The van der Waals surface area contributed by atoms with Crippen molar-refractivity contribution >= 4 is 34.1 Å². The Balaban J connectivity index is 1.40. The predicted molar refractivity (Wildman–Crippen MR) is 124 cm³/mol. The first kappa shape index (κ1) is 20.3. The van der Waals surface area contributed by atoms with Crippen molar-refractivity contribution in [3.63, 3.8) is 0 Å². The second-order valence-corrected chi connectivity index (χ2v) is 8.84. The summed E-state index contributed by atoms with van der Waals surface area (Å²) in [4.78, 5) is 14.0. The lowest BCUT2D eigenvalue weighted by molar-refractivity contribution is -0.116. The molecule has 0 fully saturated rings. The molecule has 0 aliphatic heterocycles. The predicted octanol–water partition coefficient (Wildman–Crippen LogP) is 5.99. The number of carbonyl (C=O) groups excluding carboxylic acids is 1. The third kappa shape index (κ3) is 5.55. The molecule has 1 amide bonds. The van der Waals surface area contributed by atoms with Gasteiger partial charge in [0.2, 0.25) is 11.0 Å². The van der Waals surface area contributed by atoms with Gasteiger partial charge in [0.25, 0.3) is 0 Å². The summed E-state index contributed by atoms with van der Waals surface area (Å²) >= 11 is 3.13. The molecule has 0 saturated carbocycles. The summed E-state index contributed by atoms with van der Waals surface area (Å²) in [5, 5.41) is 12.7. The van der Waals surface area contributed by atoms with E-state index in [0.29, 0.717) is 11.6 Å².